The number of ether oxygens (including phenoxy) is 26. The van der Waals surface area contributed by atoms with Crippen LogP contribution in [0.25, 0.3) is 0 Å². The molecule has 6 aliphatic rings. The van der Waals surface area contributed by atoms with E-state index < -0.39 is 41.8 Å². The molecule has 7 rings (SSSR count). The molecule has 37 heteroatoms. The van der Waals surface area contributed by atoms with Crippen LogP contribution in [0, 0.1) is 28.6 Å². The number of amides is 3. The lowest BCUT2D eigenvalue weighted by atomic mass is 9.45. The number of aliphatic hydroxyl groups is 3. The Morgan fingerprint density at radius 2 is 0.784 bits per heavy atom. The number of hydrogen-bond donors (Lipinski definition) is 4. The Morgan fingerprint density at radius 1 is 0.424 bits per heavy atom. The Bertz CT molecular complexity index is 3030. The number of allylic oxidation sites excluding steroid dienone is 1. The van der Waals surface area contributed by atoms with E-state index in [2.05, 4.69) is 25.2 Å². The quantitative estimate of drug-likeness (QED) is 0.0413. The summed E-state index contributed by atoms with van der Waals surface area (Å²) in [5.41, 5.74) is 0.772. The molecule has 0 radical (unpaired) electrons. The lowest BCUT2D eigenvalue weighted by molar-refractivity contribution is -0.270. The molecular weight excluding hydrogens is 1640 g/mol. The fourth-order valence-corrected chi connectivity index (χ4v) is 16.2. The van der Waals surface area contributed by atoms with Crippen molar-refractivity contribution in [2.45, 2.75) is 121 Å². The number of carbonyl (C=O) groups is 4. The van der Waals surface area contributed by atoms with Crippen molar-refractivity contribution in [3.8, 4) is 0 Å². The highest BCUT2D eigenvalue weighted by Crippen LogP contribution is 2.70. The van der Waals surface area contributed by atoms with Gasteiger partial charge in [0, 0.05) is 61.9 Å². The fraction of sp³-hybridized carbons (Fsp3) is 0.852. The molecule has 3 amide bonds. The molecule has 3 saturated carbocycles. The van der Waals surface area contributed by atoms with Crippen LogP contribution in [-0.2, 0) is 142 Å². The van der Waals surface area contributed by atoms with Gasteiger partial charge in [-0.1, -0.05) is 25.5 Å². The molecule has 125 heavy (non-hydrogen) atoms. The van der Waals surface area contributed by atoms with Gasteiger partial charge in [-0.3, -0.25) is 24.1 Å². The number of Topliss-reactive ketones (excluding diaryl/α,β-unsaturated/α-hetero) is 1. The second-order valence-corrected chi connectivity index (χ2v) is 31.3. The average Bonchev–Trinajstić information content (AvgIpc) is 1.49. The molecule has 4 N–H and O–H groups in total. The molecular formula is C88H148N2O35. The zero-order valence-electron chi connectivity index (χ0n) is 74.3. The normalized spacial score (nSPS) is 23.6. The SMILES string of the molecule is C[C@]12CC[C@H](O[C@@H]3OC[C@H](CC(=O)CCOCCOCCOCCOCCOCCOCCOCCOCCOCCOCCOCCOCCOCCOCCOCCOCCOCCOCCOCCOCCOCCOCCOCCOCCNC(=O)CCN4C(=O)C=CC4=O)[C@@H](O)C3O)C=C1CCC1C2CC[C@]2(C)[C@@H](c3ccc(=O)oc3)CC[C@]12O. The summed E-state index contributed by atoms with van der Waals surface area (Å²) in [4.78, 5) is 60.5. The van der Waals surface area contributed by atoms with Crippen LogP contribution in [0.2, 0.25) is 0 Å². The molecule has 11 atom stereocenters. The van der Waals surface area contributed by atoms with Crippen LogP contribution in [-0.4, -0.2) is 411 Å². The summed E-state index contributed by atoms with van der Waals surface area (Å²) < 4.78 is 150. The Balaban J connectivity index is 0.483. The van der Waals surface area contributed by atoms with Crippen LogP contribution in [0.3, 0.4) is 0 Å². The number of hydrogen-bond acceptors (Lipinski definition) is 35. The number of aliphatic hydroxyl groups excluding tert-OH is 2. The Hall–Kier alpha value is -4.45. The number of nitrogens with one attached hydrogen (secondary N) is 1. The molecule has 0 aromatic carbocycles. The number of carbonyl (C=O) groups excluding carboxylic acids is 4. The van der Waals surface area contributed by atoms with Gasteiger partial charge in [-0.15, -0.1) is 0 Å². The molecule has 4 fully saturated rings. The van der Waals surface area contributed by atoms with Crippen LogP contribution in [0.15, 0.2) is 51.4 Å². The van der Waals surface area contributed by atoms with Crippen molar-refractivity contribution in [3.05, 3.63) is 58.2 Å². The maximum Gasteiger partial charge on any atom is 0.335 e. The summed E-state index contributed by atoms with van der Waals surface area (Å²) in [7, 11) is 0. The molecule has 3 unspecified atom stereocenters. The third-order valence-electron chi connectivity index (χ3n) is 22.9. The molecule has 1 aromatic heterocycles. The Kier molecular flexibility index (Phi) is 58.3. The van der Waals surface area contributed by atoms with Crippen LogP contribution in [0.1, 0.15) is 96.0 Å². The number of imide groups is 1. The molecule has 1 saturated heterocycles. The first-order chi connectivity index (χ1) is 61.2. The van der Waals surface area contributed by atoms with E-state index in [0.29, 0.717) is 323 Å². The van der Waals surface area contributed by atoms with Crippen molar-refractivity contribution in [2.24, 2.45) is 28.6 Å². The van der Waals surface area contributed by atoms with Gasteiger partial charge in [0.25, 0.3) is 11.8 Å². The molecule has 0 spiro atoms. The summed E-state index contributed by atoms with van der Waals surface area (Å²) in [6.45, 7) is 26.0. The fourth-order valence-electron chi connectivity index (χ4n) is 16.2. The molecule has 4 aliphatic carbocycles. The molecule has 37 nitrogen and oxygen atoms in total. The first-order valence-electron chi connectivity index (χ1n) is 45.1. The summed E-state index contributed by atoms with van der Waals surface area (Å²) >= 11 is 0. The van der Waals surface area contributed by atoms with E-state index >= 15 is 0 Å². The van der Waals surface area contributed by atoms with Gasteiger partial charge in [0.1, 0.15) is 11.9 Å². The van der Waals surface area contributed by atoms with Crippen molar-refractivity contribution >= 4 is 23.5 Å². The molecule has 3 heterocycles. The van der Waals surface area contributed by atoms with E-state index in [1.54, 1.807) is 6.26 Å². The van der Waals surface area contributed by atoms with Gasteiger partial charge in [0.05, 0.1) is 348 Å². The van der Waals surface area contributed by atoms with Gasteiger partial charge in [-0.25, -0.2) is 4.79 Å². The maximum atomic E-state index is 12.9. The van der Waals surface area contributed by atoms with Gasteiger partial charge in [-0.05, 0) is 86.2 Å². The highest BCUT2D eigenvalue weighted by molar-refractivity contribution is 6.13. The monoisotopic (exact) mass is 1790 g/mol. The van der Waals surface area contributed by atoms with E-state index in [9.17, 15) is 39.3 Å². The molecule has 0 bridgehead atoms. The van der Waals surface area contributed by atoms with Crippen molar-refractivity contribution < 1.29 is 162 Å². The summed E-state index contributed by atoms with van der Waals surface area (Å²) in [6.07, 6.45) is 9.50. The van der Waals surface area contributed by atoms with Crippen LogP contribution in [0.5, 0.6) is 0 Å². The second kappa shape index (κ2) is 67.7. The summed E-state index contributed by atoms with van der Waals surface area (Å²) in [6, 6.07) is 3.35. The van der Waals surface area contributed by atoms with Crippen LogP contribution < -0.4 is 10.9 Å². The number of rotatable bonds is 83. The van der Waals surface area contributed by atoms with E-state index in [-0.39, 0.29) is 85.1 Å². The number of fused-ring (bicyclic) bond motifs is 5. The van der Waals surface area contributed by atoms with E-state index in [1.807, 2.05) is 6.07 Å². The summed E-state index contributed by atoms with van der Waals surface area (Å²) in [5, 5.41) is 37.6. The van der Waals surface area contributed by atoms with E-state index in [0.717, 1.165) is 61.8 Å². The van der Waals surface area contributed by atoms with E-state index in [1.165, 1.54) is 23.8 Å². The summed E-state index contributed by atoms with van der Waals surface area (Å²) in [5.74, 6) is -1.10. The van der Waals surface area contributed by atoms with Gasteiger partial charge >= 0.3 is 5.63 Å². The lowest BCUT2D eigenvalue weighted by Gasteiger charge is -2.62. The minimum absolute atomic E-state index is 0.0408. The highest BCUT2D eigenvalue weighted by atomic mass is 16.7. The molecule has 1 aromatic rings. The van der Waals surface area contributed by atoms with Gasteiger partial charge in [0.15, 0.2) is 6.29 Å². The van der Waals surface area contributed by atoms with Crippen molar-refractivity contribution in [2.75, 3.05) is 337 Å². The first kappa shape index (κ1) is 108. The minimum atomic E-state index is -1.30. The Labute approximate surface area is 737 Å². The zero-order chi connectivity index (χ0) is 88.6. The predicted molar refractivity (Wildman–Crippen MR) is 448 cm³/mol. The van der Waals surface area contributed by atoms with Crippen molar-refractivity contribution in [1.29, 1.82) is 0 Å². The standard InChI is InChI=1S/C88H148N2O35/c1-86-14-9-75(68-73(86)4-5-78-77(86)10-15-87(2)76(11-16-88(78,87)98)71-3-8-82(95)123-69-71)125-85-84(97)83(96)72(70-124-85)67-74(91)13-19-99-21-23-101-25-27-103-29-31-105-33-35-107-37-39-109-41-43-111-45-47-113-49-51-115-53-55-117-57-59-119-61-63-121-65-66-122-64-62-120-60-58-118-56-54-116-52-50-114-48-46-112-44-42-110-40-38-108-36-34-106-32-30-104-28-26-102-24-22-100-20-17-89-79(92)12-18-90-80(93)6-7-81(90)94/h3,6-8,68-69,72,75-78,83-85,96-98H,4-5,9-67,70H2,1-2H3,(H,89,92)/t72-,75-,76+,77?,78?,83+,84?,85-,86-,87+,88-/m0/s1. The van der Waals surface area contributed by atoms with Gasteiger partial charge < -0.3 is 148 Å². The van der Waals surface area contributed by atoms with Crippen LogP contribution >= 0.6 is 0 Å². The minimum Gasteiger partial charge on any atom is -0.431 e. The largest absolute Gasteiger partial charge is 0.431 e. The molecule has 720 valence electrons. The topological polar surface area (TPSA) is 414 Å². The maximum absolute atomic E-state index is 12.9. The average molecular weight is 1790 g/mol. The number of ketones is 1. The van der Waals surface area contributed by atoms with Crippen LogP contribution in [0.4, 0.5) is 0 Å². The van der Waals surface area contributed by atoms with Crippen molar-refractivity contribution in [3.63, 3.8) is 0 Å². The third-order valence-corrected chi connectivity index (χ3v) is 22.9. The lowest BCUT2D eigenvalue weighted by Crippen LogP contribution is -2.60. The van der Waals surface area contributed by atoms with Gasteiger partial charge in [0.2, 0.25) is 5.91 Å². The zero-order valence-corrected chi connectivity index (χ0v) is 74.3. The third kappa shape index (κ3) is 43.6. The smallest absolute Gasteiger partial charge is 0.335 e. The van der Waals surface area contributed by atoms with Crippen molar-refractivity contribution in [1.82, 2.24) is 10.2 Å². The van der Waals surface area contributed by atoms with E-state index in [4.69, 9.17) is 128 Å². The molecule has 2 aliphatic heterocycles. The highest BCUT2D eigenvalue weighted by Gasteiger charge is 2.67. The number of nitrogens with zero attached hydrogens (tertiary/aromatic N) is 1. The second-order valence-electron chi connectivity index (χ2n) is 31.3. The predicted octanol–water partition coefficient (Wildman–Crippen LogP) is 3.06. The first-order valence-corrected chi connectivity index (χ1v) is 45.1. The van der Waals surface area contributed by atoms with Gasteiger partial charge in [-0.2, -0.15) is 0 Å². The Morgan fingerprint density at radius 3 is 1.14 bits per heavy atom.